The molecule has 4 fully saturated rings. The van der Waals surface area contributed by atoms with Gasteiger partial charge in [0.1, 0.15) is 0 Å². The fourth-order valence-corrected chi connectivity index (χ4v) is 6.23. The molecule has 0 aromatic carbocycles. The molecule has 3 saturated carbocycles. The van der Waals surface area contributed by atoms with Crippen LogP contribution in [0, 0.1) is 23.7 Å². The minimum Gasteiger partial charge on any atom is -0.469 e. The first-order valence-corrected chi connectivity index (χ1v) is 10.5. The van der Waals surface area contributed by atoms with Gasteiger partial charge < -0.3 is 9.47 Å². The number of rotatable bonds is 4. The van der Waals surface area contributed by atoms with Crippen LogP contribution in [0.5, 0.6) is 0 Å². The van der Waals surface area contributed by atoms with Crippen molar-refractivity contribution in [3.63, 3.8) is 0 Å². The minimum atomic E-state index is -0.0192. The zero-order chi connectivity index (χ0) is 16.6. The van der Waals surface area contributed by atoms with Crippen LogP contribution in [-0.2, 0) is 14.3 Å². The summed E-state index contributed by atoms with van der Waals surface area (Å²) in [6.45, 7) is 0. The van der Waals surface area contributed by atoms with E-state index in [1.807, 2.05) is 0 Å². The van der Waals surface area contributed by atoms with Crippen LogP contribution >= 0.6 is 0 Å². The van der Waals surface area contributed by atoms with Gasteiger partial charge in [-0.1, -0.05) is 44.9 Å². The summed E-state index contributed by atoms with van der Waals surface area (Å²) in [5.74, 6) is 2.72. The summed E-state index contributed by atoms with van der Waals surface area (Å²) < 4.78 is 11.2. The van der Waals surface area contributed by atoms with Crippen LogP contribution in [0.1, 0.15) is 83.5 Å². The number of fused-ring (bicyclic) bond motifs is 1. The Kier molecular flexibility index (Phi) is 4.90. The van der Waals surface area contributed by atoms with Crippen molar-refractivity contribution in [2.24, 2.45) is 23.7 Å². The van der Waals surface area contributed by atoms with E-state index in [0.717, 1.165) is 31.1 Å². The smallest absolute Gasteiger partial charge is 0.308 e. The van der Waals surface area contributed by atoms with E-state index in [0.29, 0.717) is 12.0 Å². The zero-order valence-electron chi connectivity index (χ0n) is 15.3. The normalized spacial score (nSPS) is 43.0. The Labute approximate surface area is 146 Å². The van der Waals surface area contributed by atoms with Gasteiger partial charge in [-0.25, -0.2) is 0 Å². The van der Waals surface area contributed by atoms with E-state index in [1.54, 1.807) is 0 Å². The Hall–Kier alpha value is -0.570. The number of hydrogen-bond acceptors (Lipinski definition) is 3. The second kappa shape index (κ2) is 6.97. The standard InChI is InChI=1S/C21H34O3/c1-23-20(22)17-9-12-19-21(14-17,24-19)18-10-7-16(8-11-18)13-15-5-3-2-4-6-15/h15-19H,2-14H2,1H3. The topological polar surface area (TPSA) is 38.8 Å². The van der Waals surface area contributed by atoms with Gasteiger partial charge in [0.05, 0.1) is 24.7 Å². The molecule has 3 heteroatoms. The van der Waals surface area contributed by atoms with Crippen LogP contribution in [0.2, 0.25) is 0 Å². The van der Waals surface area contributed by atoms with Crippen LogP contribution in [-0.4, -0.2) is 24.8 Å². The second-order valence-electron chi connectivity index (χ2n) is 9.02. The van der Waals surface area contributed by atoms with Crippen molar-refractivity contribution < 1.29 is 14.3 Å². The Morgan fingerprint density at radius 2 is 1.67 bits per heavy atom. The van der Waals surface area contributed by atoms with E-state index in [9.17, 15) is 4.79 Å². The molecule has 0 aromatic heterocycles. The van der Waals surface area contributed by atoms with Gasteiger partial charge in [0.15, 0.2) is 0 Å². The van der Waals surface area contributed by atoms with E-state index in [4.69, 9.17) is 9.47 Å². The fourth-order valence-electron chi connectivity index (χ4n) is 6.23. The molecule has 0 radical (unpaired) electrons. The zero-order valence-corrected chi connectivity index (χ0v) is 15.3. The predicted octanol–water partition coefficient (Wildman–Crippen LogP) is 4.87. The average Bonchev–Trinajstić information content (AvgIpc) is 3.37. The maximum absolute atomic E-state index is 12.0. The van der Waals surface area contributed by atoms with Crippen molar-refractivity contribution >= 4 is 5.97 Å². The third-order valence-electron chi connectivity index (χ3n) is 7.66. The lowest BCUT2D eigenvalue weighted by atomic mass is 9.67. The first kappa shape index (κ1) is 16.9. The number of esters is 1. The largest absolute Gasteiger partial charge is 0.469 e. The second-order valence-corrected chi connectivity index (χ2v) is 9.02. The van der Waals surface area contributed by atoms with Crippen molar-refractivity contribution in [3.05, 3.63) is 0 Å². The minimum absolute atomic E-state index is 0.0192. The Morgan fingerprint density at radius 1 is 0.958 bits per heavy atom. The van der Waals surface area contributed by atoms with Crippen LogP contribution < -0.4 is 0 Å². The lowest BCUT2D eigenvalue weighted by Gasteiger charge is -2.37. The number of carbonyl (C=O) groups is 1. The predicted molar refractivity (Wildman–Crippen MR) is 93.6 cm³/mol. The van der Waals surface area contributed by atoms with Crippen molar-refractivity contribution in [2.45, 2.75) is 95.2 Å². The van der Waals surface area contributed by atoms with E-state index in [1.165, 1.54) is 71.3 Å². The number of epoxide rings is 1. The molecule has 3 nitrogen and oxygen atoms in total. The number of ether oxygens (including phenoxy) is 2. The van der Waals surface area contributed by atoms with Crippen molar-refractivity contribution in [2.75, 3.05) is 7.11 Å². The highest BCUT2D eigenvalue weighted by molar-refractivity contribution is 5.72. The number of hydrogen-bond donors (Lipinski definition) is 0. The van der Waals surface area contributed by atoms with Gasteiger partial charge in [0.2, 0.25) is 0 Å². The van der Waals surface area contributed by atoms with Gasteiger partial charge in [-0.3, -0.25) is 4.79 Å². The number of methoxy groups -OCH3 is 1. The molecular weight excluding hydrogens is 300 g/mol. The molecule has 0 spiro atoms. The molecule has 1 saturated heterocycles. The first-order valence-electron chi connectivity index (χ1n) is 10.5. The highest BCUT2D eigenvalue weighted by Crippen LogP contribution is 2.58. The molecule has 4 aliphatic rings. The van der Waals surface area contributed by atoms with E-state index < -0.39 is 0 Å². The molecule has 0 aromatic rings. The quantitative estimate of drug-likeness (QED) is 0.543. The molecule has 3 unspecified atom stereocenters. The van der Waals surface area contributed by atoms with E-state index in [-0.39, 0.29) is 17.5 Å². The van der Waals surface area contributed by atoms with E-state index in [2.05, 4.69) is 0 Å². The Morgan fingerprint density at radius 3 is 2.38 bits per heavy atom. The highest BCUT2D eigenvalue weighted by Gasteiger charge is 2.64. The monoisotopic (exact) mass is 334 g/mol. The van der Waals surface area contributed by atoms with Gasteiger partial charge in [0, 0.05) is 0 Å². The van der Waals surface area contributed by atoms with Crippen molar-refractivity contribution in [3.8, 4) is 0 Å². The summed E-state index contributed by atoms with van der Waals surface area (Å²) in [5, 5.41) is 0. The van der Waals surface area contributed by atoms with Crippen molar-refractivity contribution in [1.82, 2.24) is 0 Å². The van der Waals surface area contributed by atoms with Gasteiger partial charge in [0.25, 0.3) is 0 Å². The lowest BCUT2D eigenvalue weighted by molar-refractivity contribution is -0.147. The molecule has 1 aliphatic heterocycles. The third-order valence-corrected chi connectivity index (χ3v) is 7.66. The molecule has 136 valence electrons. The van der Waals surface area contributed by atoms with Crippen LogP contribution in [0.15, 0.2) is 0 Å². The molecule has 3 atom stereocenters. The summed E-state index contributed by atoms with van der Waals surface area (Å²) >= 11 is 0. The van der Waals surface area contributed by atoms with Crippen molar-refractivity contribution in [1.29, 1.82) is 0 Å². The Balaban J connectivity index is 1.29. The van der Waals surface area contributed by atoms with Gasteiger partial charge >= 0.3 is 5.97 Å². The maximum Gasteiger partial charge on any atom is 0.308 e. The van der Waals surface area contributed by atoms with Gasteiger partial charge in [-0.2, -0.15) is 0 Å². The molecule has 24 heavy (non-hydrogen) atoms. The highest BCUT2D eigenvalue weighted by atomic mass is 16.6. The maximum atomic E-state index is 12.0. The molecule has 3 aliphatic carbocycles. The van der Waals surface area contributed by atoms with Gasteiger partial charge in [-0.05, 0) is 56.3 Å². The average molecular weight is 335 g/mol. The first-order chi connectivity index (χ1) is 11.7. The molecule has 0 bridgehead atoms. The summed E-state index contributed by atoms with van der Waals surface area (Å²) in [7, 11) is 1.52. The number of carbonyl (C=O) groups excluding carboxylic acids is 1. The molecule has 0 amide bonds. The molecule has 4 rings (SSSR count). The lowest BCUT2D eigenvalue weighted by Crippen LogP contribution is -2.38. The van der Waals surface area contributed by atoms with Crippen LogP contribution in [0.25, 0.3) is 0 Å². The molecular formula is C21H34O3. The molecule has 1 heterocycles. The van der Waals surface area contributed by atoms with Gasteiger partial charge in [-0.15, -0.1) is 0 Å². The SMILES string of the molecule is COC(=O)C1CCC2OC2(C2CCC(CC3CCCCC3)CC2)C1. The Bertz CT molecular complexity index is 448. The summed E-state index contributed by atoms with van der Waals surface area (Å²) in [6, 6.07) is 0. The third kappa shape index (κ3) is 3.25. The summed E-state index contributed by atoms with van der Waals surface area (Å²) in [5.41, 5.74) is 0.0485. The summed E-state index contributed by atoms with van der Waals surface area (Å²) in [4.78, 5) is 12.0. The summed E-state index contributed by atoms with van der Waals surface area (Å²) in [6.07, 6.45) is 17.6. The van der Waals surface area contributed by atoms with Crippen LogP contribution in [0.3, 0.4) is 0 Å². The van der Waals surface area contributed by atoms with E-state index >= 15 is 0 Å². The molecule has 0 N–H and O–H groups in total. The van der Waals surface area contributed by atoms with Crippen LogP contribution in [0.4, 0.5) is 0 Å². The fraction of sp³-hybridized carbons (Fsp3) is 0.952.